The van der Waals surface area contributed by atoms with E-state index in [4.69, 9.17) is 0 Å². The van der Waals surface area contributed by atoms with Gasteiger partial charge in [-0.05, 0) is 57.0 Å². The molecule has 0 spiro atoms. The number of benzene rings is 2. The number of carbonyl (C=O) groups excluding carboxylic acids is 1. The lowest BCUT2D eigenvalue weighted by Gasteiger charge is -2.41. The number of aryl methyl sites for hydroxylation is 2. The van der Waals surface area contributed by atoms with E-state index in [1.807, 2.05) is 30.3 Å². The van der Waals surface area contributed by atoms with E-state index in [0.717, 1.165) is 29.0 Å². The molecule has 3 nitrogen and oxygen atoms in total. The van der Waals surface area contributed by atoms with Crippen LogP contribution in [0.2, 0.25) is 0 Å². The smallest absolute Gasteiger partial charge is 0.182 e. The molecule has 23 heavy (non-hydrogen) atoms. The van der Waals surface area contributed by atoms with E-state index in [1.165, 1.54) is 5.56 Å². The summed E-state index contributed by atoms with van der Waals surface area (Å²) in [7, 11) is 0. The van der Waals surface area contributed by atoms with E-state index < -0.39 is 0 Å². The number of nitrogens with zero attached hydrogens (tertiary/aromatic N) is 1. The number of nitrogens with one attached hydrogen (secondary N) is 1. The molecule has 0 radical (unpaired) electrons. The summed E-state index contributed by atoms with van der Waals surface area (Å²) in [6.45, 7) is 9.66. The molecule has 0 aliphatic carbocycles. The molecular formula is C20H24N2O. The Labute approximate surface area is 138 Å². The Bertz CT molecular complexity index is 749. The number of hydrogen-bond acceptors (Lipinski definition) is 3. The van der Waals surface area contributed by atoms with Gasteiger partial charge in [-0.15, -0.1) is 0 Å². The number of carbonyl (C=O) groups is 1. The number of hydrogen-bond donors (Lipinski definition) is 1. The van der Waals surface area contributed by atoms with Crippen LogP contribution in [0.25, 0.3) is 0 Å². The second-order valence-electron chi connectivity index (χ2n) is 7.10. The van der Waals surface area contributed by atoms with Crippen LogP contribution in [-0.4, -0.2) is 24.4 Å². The molecule has 1 N–H and O–H groups in total. The number of rotatable bonds is 3. The predicted molar refractivity (Wildman–Crippen MR) is 96.6 cm³/mol. The summed E-state index contributed by atoms with van der Waals surface area (Å²) in [6.07, 6.45) is 0. The first kappa shape index (κ1) is 15.6. The van der Waals surface area contributed by atoms with Gasteiger partial charge in [0, 0.05) is 17.6 Å². The second-order valence-corrected chi connectivity index (χ2v) is 7.10. The highest BCUT2D eigenvalue weighted by molar-refractivity contribution is 6.00. The number of anilines is 2. The van der Waals surface area contributed by atoms with Gasteiger partial charge in [-0.2, -0.15) is 0 Å². The topological polar surface area (TPSA) is 32.3 Å². The van der Waals surface area contributed by atoms with E-state index in [-0.39, 0.29) is 11.3 Å². The summed E-state index contributed by atoms with van der Waals surface area (Å²) >= 11 is 0. The quantitative estimate of drug-likeness (QED) is 0.863. The van der Waals surface area contributed by atoms with Crippen molar-refractivity contribution in [1.82, 2.24) is 0 Å². The van der Waals surface area contributed by atoms with E-state index in [9.17, 15) is 4.79 Å². The van der Waals surface area contributed by atoms with Crippen LogP contribution in [0.5, 0.6) is 0 Å². The fourth-order valence-electron chi connectivity index (χ4n) is 3.14. The molecule has 3 rings (SSSR count). The second kappa shape index (κ2) is 5.73. The number of ketones is 1. The van der Waals surface area contributed by atoms with Crippen molar-refractivity contribution in [3.63, 3.8) is 0 Å². The Hall–Kier alpha value is -2.29. The maximum absolute atomic E-state index is 12.7. The van der Waals surface area contributed by atoms with Gasteiger partial charge in [0.15, 0.2) is 5.78 Å². The molecule has 0 saturated heterocycles. The zero-order valence-corrected chi connectivity index (χ0v) is 14.3. The number of para-hydroxylation sites is 2. The summed E-state index contributed by atoms with van der Waals surface area (Å²) < 4.78 is 0. The number of fused-ring (bicyclic) bond motifs is 1. The van der Waals surface area contributed by atoms with Crippen molar-refractivity contribution in [3.8, 4) is 0 Å². The lowest BCUT2D eigenvalue weighted by atomic mass is 9.98. The van der Waals surface area contributed by atoms with Gasteiger partial charge < -0.3 is 10.2 Å². The lowest BCUT2D eigenvalue weighted by Crippen LogP contribution is -2.50. The van der Waals surface area contributed by atoms with Crippen LogP contribution < -0.4 is 10.2 Å². The Morgan fingerprint density at radius 2 is 1.87 bits per heavy atom. The van der Waals surface area contributed by atoms with Gasteiger partial charge in [-0.25, -0.2) is 0 Å². The van der Waals surface area contributed by atoms with Gasteiger partial charge in [0.1, 0.15) is 0 Å². The average Bonchev–Trinajstić information content (AvgIpc) is 2.48. The van der Waals surface area contributed by atoms with Crippen LogP contribution in [0.15, 0.2) is 42.5 Å². The van der Waals surface area contributed by atoms with Crippen molar-refractivity contribution >= 4 is 17.2 Å². The zero-order chi connectivity index (χ0) is 16.6. The van der Waals surface area contributed by atoms with E-state index in [2.05, 4.69) is 50.0 Å². The fraction of sp³-hybridized carbons (Fsp3) is 0.350. The minimum atomic E-state index is -0.0577. The van der Waals surface area contributed by atoms with Gasteiger partial charge in [0.05, 0.1) is 17.9 Å². The fourth-order valence-corrected chi connectivity index (χ4v) is 3.14. The highest BCUT2D eigenvalue weighted by atomic mass is 16.1. The van der Waals surface area contributed by atoms with Crippen molar-refractivity contribution < 1.29 is 4.79 Å². The molecule has 2 aromatic rings. The highest BCUT2D eigenvalue weighted by Crippen LogP contribution is 2.34. The molecule has 0 unspecified atom stereocenters. The van der Waals surface area contributed by atoms with Crippen LogP contribution in [0.1, 0.15) is 35.3 Å². The maximum atomic E-state index is 12.7. The third-order valence-electron chi connectivity index (χ3n) is 4.47. The number of Topliss-reactive ketones (excluding diaryl/α,β-unsaturated/α-hetero) is 1. The standard InChI is InChI=1S/C20H24N2O/c1-14-9-10-16(11-15(14)2)19(23)12-22-13-20(3,4)21-17-7-5-6-8-18(17)22/h5-11,21H,12-13H2,1-4H3. The Balaban J connectivity index is 1.87. The molecule has 0 fully saturated rings. The Morgan fingerprint density at radius 1 is 1.13 bits per heavy atom. The van der Waals surface area contributed by atoms with Crippen LogP contribution in [0.3, 0.4) is 0 Å². The first-order valence-corrected chi connectivity index (χ1v) is 8.08. The maximum Gasteiger partial charge on any atom is 0.182 e. The van der Waals surface area contributed by atoms with Gasteiger partial charge in [-0.3, -0.25) is 4.79 Å². The molecule has 0 bridgehead atoms. The van der Waals surface area contributed by atoms with E-state index in [0.29, 0.717) is 6.54 Å². The van der Waals surface area contributed by atoms with Crippen LogP contribution >= 0.6 is 0 Å². The van der Waals surface area contributed by atoms with Crippen molar-refractivity contribution in [2.45, 2.75) is 33.2 Å². The summed E-state index contributed by atoms with van der Waals surface area (Å²) in [4.78, 5) is 14.9. The van der Waals surface area contributed by atoms with E-state index >= 15 is 0 Å². The van der Waals surface area contributed by atoms with Gasteiger partial charge >= 0.3 is 0 Å². The molecule has 1 heterocycles. The van der Waals surface area contributed by atoms with Gasteiger partial charge in [-0.1, -0.05) is 24.3 Å². The third-order valence-corrected chi connectivity index (χ3v) is 4.47. The molecule has 1 aliphatic rings. The first-order chi connectivity index (χ1) is 10.9. The predicted octanol–water partition coefficient (Wildman–Crippen LogP) is 4.20. The van der Waals surface area contributed by atoms with Crippen molar-refractivity contribution in [2.24, 2.45) is 0 Å². The van der Waals surface area contributed by atoms with E-state index in [1.54, 1.807) is 0 Å². The molecule has 0 amide bonds. The minimum Gasteiger partial charge on any atom is -0.377 e. The van der Waals surface area contributed by atoms with Crippen LogP contribution in [0, 0.1) is 13.8 Å². The molecule has 0 saturated carbocycles. The Morgan fingerprint density at radius 3 is 2.61 bits per heavy atom. The van der Waals surface area contributed by atoms with Gasteiger partial charge in [0.2, 0.25) is 0 Å². The SMILES string of the molecule is Cc1ccc(C(=O)CN2CC(C)(C)Nc3ccccc32)cc1C. The lowest BCUT2D eigenvalue weighted by molar-refractivity contribution is 0.0998. The van der Waals surface area contributed by atoms with Crippen molar-refractivity contribution in [3.05, 3.63) is 59.2 Å². The first-order valence-electron chi connectivity index (χ1n) is 8.08. The monoisotopic (exact) mass is 308 g/mol. The van der Waals surface area contributed by atoms with Crippen molar-refractivity contribution in [2.75, 3.05) is 23.3 Å². The summed E-state index contributed by atoms with van der Waals surface area (Å²) in [5.74, 6) is 0.167. The molecule has 2 aromatic carbocycles. The molecule has 0 atom stereocenters. The largest absolute Gasteiger partial charge is 0.377 e. The summed E-state index contributed by atoms with van der Waals surface area (Å²) in [6, 6.07) is 14.1. The summed E-state index contributed by atoms with van der Waals surface area (Å²) in [5, 5.41) is 3.54. The van der Waals surface area contributed by atoms with Gasteiger partial charge in [0.25, 0.3) is 0 Å². The molecular weight excluding hydrogens is 284 g/mol. The molecule has 1 aliphatic heterocycles. The zero-order valence-electron chi connectivity index (χ0n) is 14.3. The molecule has 120 valence electrons. The van der Waals surface area contributed by atoms with Crippen LogP contribution in [0.4, 0.5) is 11.4 Å². The third kappa shape index (κ3) is 3.24. The average molecular weight is 308 g/mol. The highest BCUT2D eigenvalue weighted by Gasteiger charge is 2.30. The molecule has 0 aromatic heterocycles. The molecule has 3 heteroatoms. The summed E-state index contributed by atoms with van der Waals surface area (Å²) in [5.41, 5.74) is 5.31. The Kier molecular flexibility index (Phi) is 3.88. The minimum absolute atomic E-state index is 0.0577. The van der Waals surface area contributed by atoms with Crippen LogP contribution in [-0.2, 0) is 0 Å². The normalized spacial score (nSPS) is 15.7. The van der Waals surface area contributed by atoms with Crippen molar-refractivity contribution in [1.29, 1.82) is 0 Å².